The van der Waals surface area contributed by atoms with Crippen molar-refractivity contribution in [3.05, 3.63) is 63.7 Å². The summed E-state index contributed by atoms with van der Waals surface area (Å²) in [6, 6.07) is 6.20. The molecule has 1 aliphatic carbocycles. The lowest BCUT2D eigenvalue weighted by molar-refractivity contribution is 0.102. The standard InChI is InChI=1S/C16H13ClF2N2O.ClH/c17-11-7-8(1-4-12(11)18)21-16(22)10-2-5-13(19)15-9(10)3-6-14(15)20;/h1-2,4-5,7,14H,3,6,20H2,(H,21,22);1H/t14-;/m0./s1. The molecule has 3 N–H and O–H groups in total. The van der Waals surface area contributed by atoms with Crippen LogP contribution in [0.5, 0.6) is 0 Å². The Kier molecular flexibility index (Phi) is 5.24. The van der Waals surface area contributed by atoms with Gasteiger partial charge in [0.05, 0.1) is 5.02 Å². The summed E-state index contributed by atoms with van der Waals surface area (Å²) in [5, 5.41) is 2.56. The summed E-state index contributed by atoms with van der Waals surface area (Å²) >= 11 is 5.68. The maximum Gasteiger partial charge on any atom is 0.255 e. The van der Waals surface area contributed by atoms with Crippen molar-refractivity contribution in [2.45, 2.75) is 18.9 Å². The third kappa shape index (κ3) is 3.32. The van der Waals surface area contributed by atoms with E-state index in [1.165, 1.54) is 30.3 Å². The molecular weight excluding hydrogens is 345 g/mol. The second-order valence-corrected chi connectivity index (χ2v) is 5.62. The van der Waals surface area contributed by atoms with Gasteiger partial charge in [0.25, 0.3) is 5.91 Å². The van der Waals surface area contributed by atoms with Gasteiger partial charge in [0.2, 0.25) is 0 Å². The molecule has 0 aliphatic heterocycles. The van der Waals surface area contributed by atoms with Crippen LogP contribution in [0, 0.1) is 11.6 Å². The molecule has 3 nitrogen and oxygen atoms in total. The Balaban J connectivity index is 0.00000192. The van der Waals surface area contributed by atoms with Gasteiger partial charge in [-0.05, 0) is 48.7 Å². The molecule has 1 amide bonds. The van der Waals surface area contributed by atoms with Crippen LogP contribution in [0.25, 0.3) is 0 Å². The quantitative estimate of drug-likeness (QED) is 0.843. The minimum Gasteiger partial charge on any atom is -0.324 e. The number of halogens is 4. The monoisotopic (exact) mass is 358 g/mol. The van der Waals surface area contributed by atoms with Crippen LogP contribution in [0.3, 0.4) is 0 Å². The van der Waals surface area contributed by atoms with Crippen LogP contribution < -0.4 is 11.1 Å². The second kappa shape index (κ2) is 6.83. The van der Waals surface area contributed by atoms with E-state index in [1.807, 2.05) is 0 Å². The van der Waals surface area contributed by atoms with Gasteiger partial charge in [0.1, 0.15) is 11.6 Å². The zero-order chi connectivity index (χ0) is 15.9. The van der Waals surface area contributed by atoms with Gasteiger partial charge in [-0.15, -0.1) is 12.4 Å². The lowest BCUT2D eigenvalue weighted by atomic mass is 10.0. The van der Waals surface area contributed by atoms with Crippen molar-refractivity contribution in [2.75, 3.05) is 5.32 Å². The highest BCUT2D eigenvalue weighted by Gasteiger charge is 2.27. The lowest BCUT2D eigenvalue weighted by Crippen LogP contribution is -2.15. The molecule has 0 saturated carbocycles. The molecule has 0 fully saturated rings. The maximum atomic E-state index is 13.8. The van der Waals surface area contributed by atoms with Gasteiger partial charge >= 0.3 is 0 Å². The molecule has 0 heterocycles. The largest absolute Gasteiger partial charge is 0.324 e. The summed E-state index contributed by atoms with van der Waals surface area (Å²) in [6.45, 7) is 0. The normalized spacial score (nSPS) is 15.7. The van der Waals surface area contributed by atoms with Crippen LogP contribution in [0.15, 0.2) is 30.3 Å². The fourth-order valence-electron chi connectivity index (χ4n) is 2.74. The van der Waals surface area contributed by atoms with Crippen LogP contribution in [-0.2, 0) is 6.42 Å². The number of nitrogens with two attached hydrogens (primary N) is 1. The first-order chi connectivity index (χ1) is 10.5. The number of anilines is 1. The molecule has 0 unspecified atom stereocenters. The molecule has 2 aromatic rings. The third-order valence-electron chi connectivity index (χ3n) is 3.80. The number of benzene rings is 2. The number of rotatable bonds is 2. The van der Waals surface area contributed by atoms with Crippen LogP contribution in [-0.4, -0.2) is 5.91 Å². The van der Waals surface area contributed by atoms with Crippen LogP contribution >= 0.6 is 24.0 Å². The van der Waals surface area contributed by atoms with Crippen molar-refractivity contribution in [2.24, 2.45) is 5.73 Å². The van der Waals surface area contributed by atoms with Crippen LogP contribution in [0.1, 0.15) is 33.9 Å². The Morgan fingerprint density at radius 2 is 1.91 bits per heavy atom. The Morgan fingerprint density at radius 3 is 2.61 bits per heavy atom. The predicted molar refractivity (Wildman–Crippen MR) is 88.3 cm³/mol. The number of carbonyl (C=O) groups excluding carboxylic acids is 1. The molecule has 0 spiro atoms. The Morgan fingerprint density at radius 1 is 1.22 bits per heavy atom. The molecule has 7 heteroatoms. The predicted octanol–water partition coefficient (Wildman–Crippen LogP) is 4.24. The lowest BCUT2D eigenvalue weighted by Gasteiger charge is -2.12. The highest BCUT2D eigenvalue weighted by Crippen LogP contribution is 2.34. The van der Waals surface area contributed by atoms with E-state index in [4.69, 9.17) is 17.3 Å². The first-order valence-electron chi connectivity index (χ1n) is 6.80. The summed E-state index contributed by atoms with van der Waals surface area (Å²) in [5.41, 5.74) is 7.67. The van der Waals surface area contributed by atoms with Gasteiger partial charge in [-0.3, -0.25) is 4.79 Å². The topological polar surface area (TPSA) is 55.1 Å². The van der Waals surface area contributed by atoms with E-state index in [-0.39, 0.29) is 29.3 Å². The molecule has 3 rings (SSSR count). The second-order valence-electron chi connectivity index (χ2n) is 5.22. The van der Waals surface area contributed by atoms with E-state index in [9.17, 15) is 13.6 Å². The minimum absolute atomic E-state index is 0. The van der Waals surface area contributed by atoms with E-state index in [0.29, 0.717) is 35.2 Å². The van der Waals surface area contributed by atoms with E-state index < -0.39 is 11.7 Å². The number of nitrogens with one attached hydrogen (secondary N) is 1. The fourth-order valence-corrected chi connectivity index (χ4v) is 2.92. The summed E-state index contributed by atoms with van der Waals surface area (Å²) in [6.07, 6.45) is 1.17. The summed E-state index contributed by atoms with van der Waals surface area (Å²) in [5.74, 6) is -1.34. The summed E-state index contributed by atoms with van der Waals surface area (Å²) in [7, 11) is 0. The van der Waals surface area contributed by atoms with Crippen molar-refractivity contribution in [1.82, 2.24) is 0 Å². The van der Waals surface area contributed by atoms with Gasteiger partial charge in [0, 0.05) is 22.9 Å². The first-order valence-corrected chi connectivity index (χ1v) is 7.18. The highest BCUT2D eigenvalue weighted by molar-refractivity contribution is 6.31. The number of amides is 1. The van der Waals surface area contributed by atoms with Gasteiger partial charge in [-0.25, -0.2) is 8.78 Å². The molecule has 2 aromatic carbocycles. The molecule has 0 saturated heterocycles. The zero-order valence-corrected chi connectivity index (χ0v) is 13.5. The van der Waals surface area contributed by atoms with Gasteiger partial charge in [0.15, 0.2) is 0 Å². The average Bonchev–Trinajstić information content (AvgIpc) is 2.86. The first kappa shape index (κ1) is 17.7. The molecule has 0 bridgehead atoms. The number of hydrogen-bond donors (Lipinski definition) is 2. The Labute approximate surface area is 143 Å². The minimum atomic E-state index is -0.562. The highest BCUT2D eigenvalue weighted by atomic mass is 35.5. The van der Waals surface area contributed by atoms with Crippen molar-refractivity contribution < 1.29 is 13.6 Å². The number of fused-ring (bicyclic) bond motifs is 1. The summed E-state index contributed by atoms with van der Waals surface area (Å²) in [4.78, 5) is 12.4. The third-order valence-corrected chi connectivity index (χ3v) is 4.09. The number of hydrogen-bond acceptors (Lipinski definition) is 2. The van der Waals surface area contributed by atoms with Gasteiger partial charge < -0.3 is 11.1 Å². The number of carbonyl (C=O) groups is 1. The molecule has 1 aliphatic rings. The smallest absolute Gasteiger partial charge is 0.255 e. The molecule has 122 valence electrons. The van der Waals surface area contributed by atoms with Gasteiger partial charge in [-0.2, -0.15) is 0 Å². The molecule has 0 aromatic heterocycles. The van der Waals surface area contributed by atoms with Crippen molar-refractivity contribution in [3.8, 4) is 0 Å². The van der Waals surface area contributed by atoms with Crippen molar-refractivity contribution in [3.63, 3.8) is 0 Å². The van der Waals surface area contributed by atoms with Gasteiger partial charge in [-0.1, -0.05) is 11.6 Å². The Hall–Kier alpha value is -1.69. The van der Waals surface area contributed by atoms with E-state index in [0.717, 1.165) is 0 Å². The van der Waals surface area contributed by atoms with Crippen molar-refractivity contribution >= 4 is 35.6 Å². The zero-order valence-electron chi connectivity index (χ0n) is 11.9. The van der Waals surface area contributed by atoms with Crippen LogP contribution in [0.4, 0.5) is 14.5 Å². The SMILES string of the molecule is Cl.N[C@H]1CCc2c(C(=O)Nc3ccc(F)c(Cl)c3)ccc(F)c21. The van der Waals surface area contributed by atoms with E-state index in [1.54, 1.807) is 0 Å². The molecule has 0 radical (unpaired) electrons. The van der Waals surface area contributed by atoms with Crippen molar-refractivity contribution in [1.29, 1.82) is 0 Å². The molecular formula is C16H14Cl2F2N2O. The summed E-state index contributed by atoms with van der Waals surface area (Å²) < 4.78 is 27.0. The fraction of sp³-hybridized carbons (Fsp3) is 0.188. The maximum absolute atomic E-state index is 13.8. The van der Waals surface area contributed by atoms with E-state index in [2.05, 4.69) is 5.32 Å². The van der Waals surface area contributed by atoms with Crippen LogP contribution in [0.2, 0.25) is 5.02 Å². The Bertz CT molecular complexity index is 768. The average molecular weight is 359 g/mol. The molecule has 23 heavy (non-hydrogen) atoms. The molecule has 1 atom stereocenters. The van der Waals surface area contributed by atoms with E-state index >= 15 is 0 Å².